The Bertz CT molecular complexity index is 665. The Morgan fingerprint density at radius 3 is 2.57 bits per heavy atom. The summed E-state index contributed by atoms with van der Waals surface area (Å²) in [6.45, 7) is 2.53. The smallest absolute Gasteiger partial charge is 0.338 e. The zero-order valence-corrected chi connectivity index (χ0v) is 12.8. The molecular weight excluding hydrogens is 307 g/mol. The molecule has 0 aliphatic heterocycles. The van der Waals surface area contributed by atoms with Crippen LogP contribution in [-0.4, -0.2) is 21.1 Å². The molecule has 1 saturated carbocycles. The third-order valence-electron chi connectivity index (χ3n) is 3.92. The van der Waals surface area contributed by atoms with E-state index in [0.29, 0.717) is 24.7 Å². The minimum absolute atomic E-state index is 0.226. The molecule has 0 spiro atoms. The van der Waals surface area contributed by atoms with Crippen LogP contribution in [0.2, 0.25) is 0 Å². The average molecular weight is 325 g/mol. The first-order chi connectivity index (χ1) is 11.0. The van der Waals surface area contributed by atoms with Gasteiger partial charge in [-0.3, -0.25) is 4.90 Å². The first kappa shape index (κ1) is 16.0. The van der Waals surface area contributed by atoms with E-state index in [1.54, 1.807) is 6.07 Å². The van der Waals surface area contributed by atoms with E-state index < -0.39 is 11.7 Å². The summed E-state index contributed by atoms with van der Waals surface area (Å²) in [7, 11) is 0. The van der Waals surface area contributed by atoms with Gasteiger partial charge in [-0.25, -0.2) is 0 Å². The maximum Gasteiger partial charge on any atom is 0.416 e. The molecule has 1 heterocycles. The van der Waals surface area contributed by atoms with Gasteiger partial charge in [0, 0.05) is 19.0 Å². The van der Waals surface area contributed by atoms with E-state index in [1.165, 1.54) is 12.1 Å². The number of hydrogen-bond donors (Lipinski definition) is 0. The maximum atomic E-state index is 13.1. The number of halogens is 3. The quantitative estimate of drug-likeness (QED) is 0.810. The average Bonchev–Trinajstić information content (AvgIpc) is 3.26. The molecule has 0 unspecified atom stereocenters. The summed E-state index contributed by atoms with van der Waals surface area (Å²) in [6, 6.07) is 6.00. The first-order valence-corrected chi connectivity index (χ1v) is 7.68. The van der Waals surface area contributed by atoms with Gasteiger partial charge in [0.25, 0.3) is 0 Å². The van der Waals surface area contributed by atoms with Crippen molar-refractivity contribution in [2.24, 2.45) is 0 Å². The van der Waals surface area contributed by atoms with Gasteiger partial charge < -0.3 is 4.52 Å². The normalized spacial score (nSPS) is 15.3. The van der Waals surface area contributed by atoms with Crippen LogP contribution in [0, 0.1) is 0 Å². The van der Waals surface area contributed by atoms with Gasteiger partial charge in [-0.2, -0.15) is 18.2 Å². The van der Waals surface area contributed by atoms with Gasteiger partial charge in [-0.15, -0.1) is 0 Å². The van der Waals surface area contributed by atoms with Gasteiger partial charge >= 0.3 is 6.18 Å². The second-order valence-electron chi connectivity index (χ2n) is 5.75. The van der Waals surface area contributed by atoms with Crippen molar-refractivity contribution in [3.63, 3.8) is 0 Å². The molecule has 1 aliphatic rings. The minimum atomic E-state index is -4.34. The molecule has 1 aromatic heterocycles. The lowest BCUT2D eigenvalue weighted by Crippen LogP contribution is -2.26. The minimum Gasteiger partial charge on any atom is -0.338 e. The molecule has 23 heavy (non-hydrogen) atoms. The molecule has 3 rings (SSSR count). The maximum absolute atomic E-state index is 13.1. The third-order valence-corrected chi connectivity index (χ3v) is 3.92. The van der Waals surface area contributed by atoms with Crippen molar-refractivity contribution in [2.75, 3.05) is 0 Å². The van der Waals surface area contributed by atoms with Crippen molar-refractivity contribution in [1.29, 1.82) is 0 Å². The molecule has 1 aliphatic carbocycles. The van der Waals surface area contributed by atoms with Crippen LogP contribution < -0.4 is 0 Å². The van der Waals surface area contributed by atoms with Crippen LogP contribution >= 0.6 is 0 Å². The number of rotatable bonds is 6. The van der Waals surface area contributed by atoms with Gasteiger partial charge in [0.2, 0.25) is 5.89 Å². The van der Waals surface area contributed by atoms with Crippen molar-refractivity contribution >= 4 is 0 Å². The predicted molar refractivity (Wildman–Crippen MR) is 77.4 cm³/mol. The van der Waals surface area contributed by atoms with Gasteiger partial charge in [-0.1, -0.05) is 30.3 Å². The highest BCUT2D eigenvalue weighted by atomic mass is 19.4. The Morgan fingerprint density at radius 2 is 1.96 bits per heavy atom. The van der Waals surface area contributed by atoms with E-state index in [1.807, 2.05) is 11.8 Å². The van der Waals surface area contributed by atoms with Crippen molar-refractivity contribution in [3.8, 4) is 0 Å². The van der Waals surface area contributed by atoms with Crippen LogP contribution in [-0.2, 0) is 25.7 Å². The molecule has 1 fully saturated rings. The predicted octanol–water partition coefficient (Wildman–Crippen LogP) is 3.82. The van der Waals surface area contributed by atoms with Crippen LogP contribution in [0.1, 0.15) is 42.6 Å². The Morgan fingerprint density at radius 1 is 1.22 bits per heavy atom. The van der Waals surface area contributed by atoms with E-state index in [-0.39, 0.29) is 18.2 Å². The van der Waals surface area contributed by atoms with Gasteiger partial charge in [0.05, 0.1) is 12.1 Å². The molecule has 0 amide bonds. The van der Waals surface area contributed by atoms with E-state index in [4.69, 9.17) is 4.52 Å². The second-order valence-corrected chi connectivity index (χ2v) is 5.75. The summed E-state index contributed by atoms with van der Waals surface area (Å²) >= 11 is 0. The summed E-state index contributed by atoms with van der Waals surface area (Å²) < 4.78 is 44.6. The molecular formula is C16H18F3N3O. The number of aryl methyl sites for hydroxylation is 1. The molecule has 0 radical (unpaired) electrons. The number of hydrogen-bond acceptors (Lipinski definition) is 4. The third kappa shape index (κ3) is 3.90. The summed E-state index contributed by atoms with van der Waals surface area (Å²) in [5.74, 6) is 1.07. The Labute approximate surface area is 132 Å². The summed E-state index contributed by atoms with van der Waals surface area (Å²) in [4.78, 5) is 6.23. The molecule has 0 atom stereocenters. The second kappa shape index (κ2) is 6.31. The Kier molecular flexibility index (Phi) is 4.39. The van der Waals surface area contributed by atoms with Crippen molar-refractivity contribution in [1.82, 2.24) is 15.0 Å². The van der Waals surface area contributed by atoms with Crippen molar-refractivity contribution in [3.05, 3.63) is 47.1 Å². The first-order valence-electron chi connectivity index (χ1n) is 7.68. The van der Waals surface area contributed by atoms with E-state index in [2.05, 4.69) is 10.1 Å². The monoisotopic (exact) mass is 325 g/mol. The fourth-order valence-corrected chi connectivity index (χ4v) is 2.58. The van der Waals surface area contributed by atoms with Crippen LogP contribution in [0.15, 0.2) is 28.8 Å². The number of alkyl halides is 3. The van der Waals surface area contributed by atoms with Gasteiger partial charge in [-0.05, 0) is 24.5 Å². The van der Waals surface area contributed by atoms with Crippen LogP contribution in [0.25, 0.3) is 0 Å². The van der Waals surface area contributed by atoms with Gasteiger partial charge in [0.1, 0.15) is 0 Å². The van der Waals surface area contributed by atoms with E-state index in [0.717, 1.165) is 18.9 Å². The number of benzene rings is 1. The van der Waals surface area contributed by atoms with E-state index in [9.17, 15) is 13.2 Å². The summed E-state index contributed by atoms with van der Waals surface area (Å²) in [5, 5.41) is 3.84. The lowest BCUT2D eigenvalue weighted by atomic mass is 10.1. The van der Waals surface area contributed by atoms with Crippen LogP contribution in [0.5, 0.6) is 0 Å². The van der Waals surface area contributed by atoms with E-state index >= 15 is 0 Å². The zero-order valence-electron chi connectivity index (χ0n) is 12.8. The van der Waals surface area contributed by atoms with Crippen LogP contribution in [0.4, 0.5) is 13.2 Å². The molecule has 0 saturated heterocycles. The molecule has 1 aromatic carbocycles. The molecule has 7 heteroatoms. The lowest BCUT2D eigenvalue weighted by Gasteiger charge is -2.22. The molecule has 2 aromatic rings. The Balaban J connectivity index is 1.78. The largest absolute Gasteiger partial charge is 0.416 e. The van der Waals surface area contributed by atoms with Gasteiger partial charge in [0.15, 0.2) is 5.82 Å². The lowest BCUT2D eigenvalue weighted by molar-refractivity contribution is -0.138. The zero-order chi connectivity index (χ0) is 16.4. The fourth-order valence-electron chi connectivity index (χ4n) is 2.58. The molecule has 124 valence electrons. The topological polar surface area (TPSA) is 42.2 Å². The number of aromatic nitrogens is 2. The fraction of sp³-hybridized carbons (Fsp3) is 0.500. The Hall–Kier alpha value is -1.89. The standard InChI is InChI=1S/C16H18F3N3O/c1-2-14-20-15(23-21-14)10-22(12-7-8-12)9-11-5-3-4-6-13(11)16(17,18)19/h3-6,12H,2,7-10H2,1H3. The number of nitrogens with zero attached hydrogens (tertiary/aromatic N) is 3. The summed E-state index contributed by atoms with van der Waals surface area (Å²) in [5.41, 5.74) is -0.299. The highest BCUT2D eigenvalue weighted by molar-refractivity contribution is 5.29. The molecule has 4 nitrogen and oxygen atoms in total. The summed E-state index contributed by atoms with van der Waals surface area (Å²) in [6.07, 6.45) is -1.69. The van der Waals surface area contributed by atoms with Crippen molar-refractivity contribution < 1.29 is 17.7 Å². The molecule has 0 N–H and O–H groups in total. The SMILES string of the molecule is CCc1noc(CN(Cc2ccccc2C(F)(F)F)C2CC2)n1. The van der Waals surface area contributed by atoms with Crippen molar-refractivity contribution in [2.45, 2.75) is 51.5 Å². The highest BCUT2D eigenvalue weighted by Crippen LogP contribution is 2.35. The molecule has 0 bridgehead atoms. The van der Waals surface area contributed by atoms with Crippen LogP contribution in [0.3, 0.4) is 0 Å². The highest BCUT2D eigenvalue weighted by Gasteiger charge is 2.35.